The molecule has 0 aliphatic carbocycles. The van der Waals surface area contributed by atoms with Crippen LogP contribution in [0.25, 0.3) is 0 Å². The average molecular weight is 190 g/mol. The Morgan fingerprint density at radius 2 is 1.73 bits per heavy atom. The van der Waals surface area contributed by atoms with Crippen LogP contribution >= 0.6 is 0 Å². The lowest BCUT2D eigenvalue weighted by Crippen LogP contribution is -2.40. The van der Waals surface area contributed by atoms with Crippen LogP contribution in [-0.4, -0.2) is 23.8 Å². The molecule has 0 fully saturated rings. The normalized spacial score (nSPS) is 13.6. The lowest BCUT2D eigenvalue weighted by atomic mass is 10.2. The highest BCUT2D eigenvalue weighted by Crippen LogP contribution is 2.19. The molecule has 0 atom stereocenters. The van der Waals surface area contributed by atoms with Crippen molar-refractivity contribution in [1.29, 1.82) is 0 Å². The first-order valence-corrected chi connectivity index (χ1v) is 9.68. The van der Waals surface area contributed by atoms with Crippen LogP contribution in [0.15, 0.2) is 0 Å². The zero-order valence-corrected chi connectivity index (χ0v) is 11.2. The molecule has 0 saturated heterocycles. The minimum atomic E-state index is -0.814. The monoisotopic (exact) mass is 190 g/mol. The molecule has 0 aliphatic rings. The Hall–Kier alpha value is 0.394. The highest BCUT2D eigenvalue weighted by atomic mass is 28.3. The Morgan fingerprint density at radius 3 is 1.82 bits per heavy atom. The van der Waals surface area contributed by atoms with E-state index in [-0.39, 0.29) is 9.52 Å². The van der Waals surface area contributed by atoms with E-state index >= 15 is 0 Å². The van der Waals surface area contributed by atoms with E-state index in [9.17, 15) is 0 Å². The molecule has 0 unspecified atom stereocenters. The van der Waals surface area contributed by atoms with Gasteiger partial charge in [0.2, 0.25) is 0 Å². The van der Waals surface area contributed by atoms with Crippen molar-refractivity contribution in [2.24, 2.45) is 0 Å². The van der Waals surface area contributed by atoms with Crippen LogP contribution in [0.5, 0.6) is 0 Å². The minimum absolute atomic E-state index is 0.00921. The zero-order chi connectivity index (χ0) is 8.91. The minimum Gasteiger partial charge on any atom is -0.419 e. The predicted molar refractivity (Wildman–Crippen MR) is 57.7 cm³/mol. The van der Waals surface area contributed by atoms with Gasteiger partial charge in [-0.2, -0.15) is 0 Å². The van der Waals surface area contributed by atoms with Crippen molar-refractivity contribution in [2.75, 3.05) is 0 Å². The van der Waals surface area contributed by atoms with E-state index in [1.165, 1.54) is 12.8 Å². The van der Waals surface area contributed by atoms with Crippen LogP contribution < -0.4 is 0 Å². The highest BCUT2D eigenvalue weighted by Gasteiger charge is 2.25. The first kappa shape index (κ1) is 11.4. The predicted octanol–water partition coefficient (Wildman–Crippen LogP) is 1.72. The van der Waals surface area contributed by atoms with Crippen molar-refractivity contribution < 1.29 is 4.43 Å². The molecule has 0 aromatic carbocycles. The van der Waals surface area contributed by atoms with Crippen LogP contribution in [0, 0.1) is 0 Å². The summed E-state index contributed by atoms with van der Waals surface area (Å²) in [7, 11) is -0.823. The molecule has 11 heavy (non-hydrogen) atoms. The fourth-order valence-electron chi connectivity index (χ4n) is 1.50. The summed E-state index contributed by atoms with van der Waals surface area (Å²) in [6.45, 7) is 11.4. The molecule has 0 rings (SSSR count). The van der Waals surface area contributed by atoms with E-state index in [0.717, 1.165) is 0 Å². The molecule has 0 amide bonds. The zero-order valence-electron chi connectivity index (χ0n) is 8.61. The molecule has 0 aliphatic heterocycles. The molecule has 0 aromatic rings. The largest absolute Gasteiger partial charge is 0.419 e. The summed E-state index contributed by atoms with van der Waals surface area (Å²) in [6.07, 6.45) is 2.44. The summed E-state index contributed by atoms with van der Waals surface area (Å²) in [5.74, 6) is 0. The van der Waals surface area contributed by atoms with Crippen LogP contribution in [0.2, 0.25) is 19.6 Å². The van der Waals surface area contributed by atoms with E-state index in [1.54, 1.807) is 0 Å². The van der Waals surface area contributed by atoms with Crippen LogP contribution in [0.3, 0.4) is 0 Å². The van der Waals surface area contributed by atoms with Crippen molar-refractivity contribution in [3.63, 3.8) is 0 Å². The molecule has 0 bridgehead atoms. The summed E-state index contributed by atoms with van der Waals surface area (Å²) in [5.41, 5.74) is 0. The van der Waals surface area contributed by atoms with Crippen molar-refractivity contribution in [1.82, 2.24) is 0 Å². The van der Waals surface area contributed by atoms with Crippen molar-refractivity contribution in [3.05, 3.63) is 0 Å². The average Bonchev–Trinajstić information content (AvgIpc) is 2.00. The second kappa shape index (κ2) is 5.11. The maximum atomic E-state index is 6.09. The van der Waals surface area contributed by atoms with Gasteiger partial charge in [-0.1, -0.05) is 20.4 Å². The quantitative estimate of drug-likeness (QED) is 0.600. The van der Waals surface area contributed by atoms with Gasteiger partial charge in [-0.15, -0.1) is 0 Å². The van der Waals surface area contributed by atoms with Gasteiger partial charge >= 0.3 is 0 Å². The Bertz CT molecular complexity index is 92.0. The van der Waals surface area contributed by atoms with Gasteiger partial charge in [0.1, 0.15) is 0 Å². The Balaban J connectivity index is 4.05. The van der Waals surface area contributed by atoms with E-state index in [2.05, 4.69) is 33.5 Å². The molecular weight excluding hydrogens is 168 g/mol. The Labute approximate surface area is 75.1 Å². The first-order valence-electron chi connectivity index (χ1n) is 4.78. The van der Waals surface area contributed by atoms with Gasteiger partial charge in [0.05, 0.1) is 9.52 Å². The lowest BCUT2D eigenvalue weighted by Gasteiger charge is -2.33. The van der Waals surface area contributed by atoms with Gasteiger partial charge < -0.3 is 4.43 Å². The smallest absolute Gasteiger partial charge is 0.171 e. The third-order valence-corrected chi connectivity index (χ3v) is 6.18. The topological polar surface area (TPSA) is 9.23 Å². The van der Waals surface area contributed by atoms with Crippen molar-refractivity contribution >= 4 is 18.6 Å². The molecule has 0 heterocycles. The fraction of sp³-hybridized carbons (Fsp3) is 1.00. The molecule has 0 N–H and O–H groups in total. The standard InChI is InChI=1S/C8H22OSi2/c1-6-8(7-2,10-3)9-11(4)5/h11H,6-7,10H2,1-5H3. The molecular formula is C8H22OSi2. The van der Waals surface area contributed by atoms with Crippen LogP contribution in [0.1, 0.15) is 26.7 Å². The van der Waals surface area contributed by atoms with Gasteiger partial charge in [0.15, 0.2) is 9.04 Å². The second-order valence-electron chi connectivity index (χ2n) is 3.41. The number of hydrogen-bond donors (Lipinski definition) is 0. The summed E-state index contributed by atoms with van der Waals surface area (Å²) in [6, 6.07) is 0. The summed E-state index contributed by atoms with van der Waals surface area (Å²) in [5, 5.41) is 0.348. The molecule has 0 aromatic heterocycles. The molecule has 0 spiro atoms. The third-order valence-electron chi connectivity index (χ3n) is 2.42. The van der Waals surface area contributed by atoms with E-state index in [1.807, 2.05) is 0 Å². The first-order chi connectivity index (χ1) is 5.10. The highest BCUT2D eigenvalue weighted by molar-refractivity contribution is 6.50. The molecule has 1 nitrogen and oxygen atoms in total. The maximum Gasteiger partial charge on any atom is 0.171 e. The van der Waals surface area contributed by atoms with Crippen LogP contribution in [0.4, 0.5) is 0 Å². The number of rotatable bonds is 5. The van der Waals surface area contributed by atoms with Crippen LogP contribution in [-0.2, 0) is 4.43 Å². The molecule has 68 valence electrons. The molecule has 3 heteroatoms. The number of hydrogen-bond acceptors (Lipinski definition) is 1. The van der Waals surface area contributed by atoms with E-state index in [4.69, 9.17) is 4.43 Å². The Kier molecular flexibility index (Phi) is 5.30. The summed E-state index contributed by atoms with van der Waals surface area (Å²) >= 11 is 0. The van der Waals surface area contributed by atoms with Gasteiger partial charge in [-0.3, -0.25) is 0 Å². The fourth-order valence-corrected chi connectivity index (χ4v) is 5.50. The van der Waals surface area contributed by atoms with Gasteiger partial charge in [0, 0.05) is 5.22 Å². The van der Waals surface area contributed by atoms with Crippen molar-refractivity contribution in [3.8, 4) is 0 Å². The molecule has 0 radical (unpaired) electrons. The van der Waals surface area contributed by atoms with Gasteiger partial charge in [-0.25, -0.2) is 0 Å². The molecule has 0 saturated carbocycles. The van der Waals surface area contributed by atoms with E-state index < -0.39 is 9.04 Å². The third kappa shape index (κ3) is 3.53. The summed E-state index contributed by atoms with van der Waals surface area (Å²) < 4.78 is 6.09. The lowest BCUT2D eigenvalue weighted by molar-refractivity contribution is 0.145. The summed E-state index contributed by atoms with van der Waals surface area (Å²) in [4.78, 5) is 0. The Morgan fingerprint density at radius 1 is 1.27 bits per heavy atom. The van der Waals surface area contributed by atoms with Gasteiger partial charge in [-0.05, 0) is 25.9 Å². The second-order valence-corrected chi connectivity index (χ2v) is 7.74. The SMILES string of the molecule is CCC(CC)(O[SiH](C)C)[SiH2]C. The maximum absolute atomic E-state index is 6.09. The van der Waals surface area contributed by atoms with E-state index in [0.29, 0.717) is 5.22 Å². The van der Waals surface area contributed by atoms with Crippen molar-refractivity contribution in [2.45, 2.75) is 51.6 Å². The van der Waals surface area contributed by atoms with Gasteiger partial charge in [0.25, 0.3) is 0 Å².